The fourth-order valence-electron chi connectivity index (χ4n) is 0.369. The third kappa shape index (κ3) is 4.26. The Labute approximate surface area is 62.2 Å². The Morgan fingerprint density at radius 1 is 1.70 bits per heavy atom. The average Bonchev–Trinajstić information content (AvgIpc) is 1.82. The molecule has 0 N–H and O–H groups in total. The van der Waals surface area contributed by atoms with Crippen LogP contribution in [0, 0.1) is 0 Å². The van der Waals surface area contributed by atoms with Gasteiger partial charge in [-0.1, -0.05) is 6.58 Å². The van der Waals surface area contributed by atoms with Gasteiger partial charge in [0.2, 0.25) is 0 Å². The third-order valence-electron chi connectivity index (χ3n) is 0.980. The monoisotopic (exact) mass is 161 g/mol. The zero-order valence-corrected chi connectivity index (χ0v) is 6.57. The molecule has 1 atom stereocenters. The molecule has 10 heavy (non-hydrogen) atoms. The molecule has 0 rings (SSSR count). The molecule has 58 valence electrons. The van der Waals surface area contributed by atoms with Gasteiger partial charge in [-0.3, -0.25) is 4.21 Å². The summed E-state index contributed by atoms with van der Waals surface area (Å²) in [4.78, 5) is 10.0. The van der Waals surface area contributed by atoms with Crippen molar-refractivity contribution < 1.29 is 14.1 Å². The molecule has 1 unspecified atom stereocenters. The van der Waals surface area contributed by atoms with Gasteiger partial charge in [-0.05, 0) is 12.0 Å². The van der Waals surface area contributed by atoms with Crippen molar-refractivity contribution in [2.24, 2.45) is 0 Å². The molecular formula is C6H9O3S-. The molecule has 0 saturated heterocycles. The second-order valence-electron chi connectivity index (χ2n) is 1.92. The minimum Gasteiger partial charge on any atom is -0.545 e. The first-order valence-electron chi connectivity index (χ1n) is 2.73. The van der Waals surface area contributed by atoms with Gasteiger partial charge in [-0.2, -0.15) is 0 Å². The Bertz CT molecular complexity index is 174. The number of aliphatic carboxylic acids is 1. The first-order valence-corrected chi connectivity index (χ1v) is 4.46. The molecule has 0 aromatic heterocycles. The molecule has 0 spiro atoms. The van der Waals surface area contributed by atoms with Crippen molar-refractivity contribution in [3.63, 3.8) is 0 Å². The topological polar surface area (TPSA) is 57.2 Å². The van der Waals surface area contributed by atoms with Gasteiger partial charge in [0.15, 0.2) is 0 Å². The van der Waals surface area contributed by atoms with Crippen molar-refractivity contribution >= 4 is 16.8 Å². The molecule has 0 bridgehead atoms. The molecular weight excluding hydrogens is 152 g/mol. The van der Waals surface area contributed by atoms with E-state index in [2.05, 4.69) is 6.58 Å². The molecule has 0 aliphatic heterocycles. The lowest BCUT2D eigenvalue weighted by Gasteiger charge is -2.03. The molecule has 0 heterocycles. The number of rotatable bonds is 4. The van der Waals surface area contributed by atoms with Crippen LogP contribution in [0.5, 0.6) is 0 Å². The van der Waals surface area contributed by atoms with E-state index in [-0.39, 0.29) is 12.0 Å². The van der Waals surface area contributed by atoms with E-state index in [9.17, 15) is 14.1 Å². The lowest BCUT2D eigenvalue weighted by molar-refractivity contribution is -0.299. The zero-order valence-electron chi connectivity index (χ0n) is 5.75. The maximum atomic E-state index is 10.4. The van der Waals surface area contributed by atoms with Crippen molar-refractivity contribution in [1.82, 2.24) is 0 Å². The van der Waals surface area contributed by atoms with Crippen LogP contribution in [0.3, 0.4) is 0 Å². The van der Waals surface area contributed by atoms with Crippen LogP contribution < -0.4 is 5.11 Å². The summed E-state index contributed by atoms with van der Waals surface area (Å²) >= 11 is 0. The molecule has 0 radical (unpaired) electrons. The predicted octanol–water partition coefficient (Wildman–Crippen LogP) is -0.939. The van der Waals surface area contributed by atoms with E-state index < -0.39 is 16.8 Å². The van der Waals surface area contributed by atoms with Crippen molar-refractivity contribution in [3.05, 3.63) is 12.2 Å². The largest absolute Gasteiger partial charge is 0.545 e. The van der Waals surface area contributed by atoms with Crippen molar-refractivity contribution in [1.29, 1.82) is 0 Å². The summed E-state index contributed by atoms with van der Waals surface area (Å²) in [5.41, 5.74) is 0.00944. The first kappa shape index (κ1) is 9.36. The van der Waals surface area contributed by atoms with Gasteiger partial charge in [-0.25, -0.2) is 0 Å². The molecule has 0 aliphatic rings. The van der Waals surface area contributed by atoms with Crippen LogP contribution in [0.15, 0.2) is 12.2 Å². The van der Waals surface area contributed by atoms with Gasteiger partial charge < -0.3 is 9.90 Å². The number of carbonyl (C=O) groups excluding carboxylic acids is 1. The van der Waals surface area contributed by atoms with E-state index in [4.69, 9.17) is 0 Å². The third-order valence-corrected chi connectivity index (χ3v) is 1.76. The minimum absolute atomic E-state index is 0.00944. The fraction of sp³-hybridized carbons (Fsp3) is 0.500. The molecule has 0 saturated carbocycles. The van der Waals surface area contributed by atoms with E-state index in [1.807, 2.05) is 0 Å². The van der Waals surface area contributed by atoms with E-state index in [0.717, 1.165) is 0 Å². The highest BCUT2D eigenvalue weighted by Gasteiger charge is 1.96. The molecule has 0 aromatic rings. The Kier molecular flexibility index (Phi) is 3.95. The second-order valence-corrected chi connectivity index (χ2v) is 3.47. The predicted molar refractivity (Wildman–Crippen MR) is 37.7 cm³/mol. The Morgan fingerprint density at radius 3 is 2.50 bits per heavy atom. The highest BCUT2D eigenvalue weighted by atomic mass is 32.2. The van der Waals surface area contributed by atoms with Gasteiger partial charge in [-0.15, -0.1) is 0 Å². The quantitative estimate of drug-likeness (QED) is 0.500. The lowest BCUT2D eigenvalue weighted by atomic mass is 10.2. The van der Waals surface area contributed by atoms with Crippen LogP contribution >= 0.6 is 0 Å². The van der Waals surface area contributed by atoms with E-state index in [1.165, 1.54) is 6.26 Å². The van der Waals surface area contributed by atoms with Gasteiger partial charge in [0.25, 0.3) is 0 Å². The Hall–Kier alpha value is -0.640. The smallest absolute Gasteiger partial charge is 0.0669 e. The van der Waals surface area contributed by atoms with Crippen molar-refractivity contribution in [3.8, 4) is 0 Å². The number of carbonyl (C=O) groups is 1. The molecule has 0 amide bonds. The van der Waals surface area contributed by atoms with Gasteiger partial charge in [0.05, 0.1) is 5.97 Å². The van der Waals surface area contributed by atoms with Crippen LogP contribution in [-0.2, 0) is 15.6 Å². The van der Waals surface area contributed by atoms with E-state index in [0.29, 0.717) is 5.75 Å². The SMILES string of the molecule is C=C(CCS(C)=O)C(=O)[O-]. The van der Waals surface area contributed by atoms with Crippen LogP contribution in [0.4, 0.5) is 0 Å². The average molecular weight is 161 g/mol. The molecule has 3 nitrogen and oxygen atoms in total. The van der Waals surface area contributed by atoms with E-state index >= 15 is 0 Å². The van der Waals surface area contributed by atoms with Crippen molar-refractivity contribution in [2.75, 3.05) is 12.0 Å². The van der Waals surface area contributed by atoms with E-state index in [1.54, 1.807) is 0 Å². The summed E-state index contributed by atoms with van der Waals surface area (Å²) in [6.07, 6.45) is 1.76. The summed E-state index contributed by atoms with van der Waals surface area (Å²) < 4.78 is 10.4. The van der Waals surface area contributed by atoms with Crippen molar-refractivity contribution in [2.45, 2.75) is 6.42 Å². The Morgan fingerprint density at radius 2 is 2.20 bits per heavy atom. The summed E-state index contributed by atoms with van der Waals surface area (Å²) in [5, 5.41) is 10.0. The summed E-state index contributed by atoms with van der Waals surface area (Å²) in [7, 11) is -0.955. The maximum Gasteiger partial charge on any atom is 0.0669 e. The normalized spacial score (nSPS) is 12.5. The minimum atomic E-state index is -1.26. The first-order chi connectivity index (χ1) is 4.54. The van der Waals surface area contributed by atoms with Gasteiger partial charge >= 0.3 is 0 Å². The standard InChI is InChI=1S/C6H10O3S/c1-5(6(7)8)3-4-10(2)9/h1,3-4H2,2H3,(H,7,8)/p-1. The number of hydrogen-bond acceptors (Lipinski definition) is 3. The second kappa shape index (κ2) is 4.22. The maximum absolute atomic E-state index is 10.4. The number of hydrogen-bond donors (Lipinski definition) is 0. The van der Waals surface area contributed by atoms with Crippen LogP contribution in [-0.4, -0.2) is 22.2 Å². The lowest BCUT2D eigenvalue weighted by Crippen LogP contribution is -2.24. The van der Waals surface area contributed by atoms with Gasteiger partial charge in [0.1, 0.15) is 0 Å². The molecule has 0 aromatic carbocycles. The zero-order chi connectivity index (χ0) is 8.15. The summed E-state index contributed by atoms with van der Waals surface area (Å²) in [6, 6.07) is 0. The number of carboxylic acids is 1. The summed E-state index contributed by atoms with van der Waals surface area (Å²) in [6.45, 7) is 3.23. The highest BCUT2D eigenvalue weighted by molar-refractivity contribution is 7.84. The molecule has 0 fully saturated rings. The highest BCUT2D eigenvalue weighted by Crippen LogP contribution is 1.96. The fourth-order valence-corrected chi connectivity index (χ4v) is 0.903. The number of carboxylic acid groups (broad SMARTS) is 1. The van der Waals surface area contributed by atoms with Crippen LogP contribution in [0.25, 0.3) is 0 Å². The van der Waals surface area contributed by atoms with Gasteiger partial charge in [0, 0.05) is 22.8 Å². The van der Waals surface area contributed by atoms with Crippen LogP contribution in [0.1, 0.15) is 6.42 Å². The molecule has 4 heteroatoms. The van der Waals surface area contributed by atoms with Crippen LogP contribution in [0.2, 0.25) is 0 Å². The summed E-state index contributed by atoms with van der Waals surface area (Å²) in [5.74, 6) is -0.919. The Balaban J connectivity index is 3.60. The molecule has 0 aliphatic carbocycles.